The molecule has 0 amide bonds. The second-order valence-corrected chi connectivity index (χ2v) is 5.21. The number of nitrogens with zero attached hydrogens (tertiary/aromatic N) is 2. The Labute approximate surface area is 139 Å². The Morgan fingerprint density at radius 2 is 1.08 bits per heavy atom. The molecule has 24 heavy (non-hydrogen) atoms. The molecule has 4 rings (SSSR count). The topological polar surface area (TPSA) is 44.2 Å². The molecule has 2 aromatic heterocycles. The molecule has 0 aliphatic rings. The van der Waals surface area contributed by atoms with Gasteiger partial charge in [-0.05, 0) is 47.2 Å². The van der Waals surface area contributed by atoms with Gasteiger partial charge in [0, 0.05) is 24.5 Å². The first kappa shape index (κ1) is 14.2. The van der Waals surface area contributed by atoms with Gasteiger partial charge in [0.25, 0.3) is 0 Å². The smallest absolute Gasteiger partial charge is 0.219 e. The average molecular weight is 314 g/mol. The number of aromatic nitrogens is 2. The summed E-state index contributed by atoms with van der Waals surface area (Å²) in [4.78, 5) is 8.34. The van der Waals surface area contributed by atoms with Gasteiger partial charge >= 0.3 is 0 Å². The predicted molar refractivity (Wildman–Crippen MR) is 92.6 cm³/mol. The molecular weight excluding hydrogens is 300 g/mol. The highest BCUT2D eigenvalue weighted by Crippen LogP contribution is 2.28. The van der Waals surface area contributed by atoms with Crippen molar-refractivity contribution in [3.05, 3.63) is 85.2 Å². The maximum absolute atomic E-state index is 5.78. The van der Waals surface area contributed by atoms with Crippen molar-refractivity contribution in [1.82, 2.24) is 9.97 Å². The first-order chi connectivity index (χ1) is 11.9. The van der Waals surface area contributed by atoms with Crippen LogP contribution in [-0.2, 0) is 0 Å². The highest BCUT2D eigenvalue weighted by molar-refractivity contribution is 5.85. The standard InChI is InChI=1S/C20H14N2O2/c1-3-11-21-19(5-1)23-17-9-7-15-8-10-18(14-16(15)13-17)24-20-6-2-4-12-22-20/h1-14H. The predicted octanol–water partition coefficient (Wildman–Crippen LogP) is 5.21. The van der Waals surface area contributed by atoms with Crippen LogP contribution in [0, 0.1) is 0 Å². The van der Waals surface area contributed by atoms with Gasteiger partial charge in [-0.15, -0.1) is 0 Å². The molecule has 0 saturated heterocycles. The normalized spacial score (nSPS) is 10.5. The zero-order valence-electron chi connectivity index (χ0n) is 12.8. The molecule has 0 fully saturated rings. The number of hydrogen-bond acceptors (Lipinski definition) is 4. The molecule has 0 N–H and O–H groups in total. The summed E-state index contributed by atoms with van der Waals surface area (Å²) in [5.74, 6) is 2.60. The van der Waals surface area contributed by atoms with Crippen LogP contribution in [0.25, 0.3) is 10.8 Å². The summed E-state index contributed by atoms with van der Waals surface area (Å²) in [6, 6.07) is 23.0. The summed E-state index contributed by atoms with van der Waals surface area (Å²) in [6.45, 7) is 0. The van der Waals surface area contributed by atoms with Crippen molar-refractivity contribution < 1.29 is 9.47 Å². The number of ether oxygens (including phenoxy) is 2. The minimum atomic E-state index is 0.567. The third-order valence-corrected chi connectivity index (χ3v) is 3.50. The fourth-order valence-corrected chi connectivity index (χ4v) is 2.39. The van der Waals surface area contributed by atoms with Crippen molar-refractivity contribution in [2.24, 2.45) is 0 Å². The maximum Gasteiger partial charge on any atom is 0.219 e. The van der Waals surface area contributed by atoms with Crippen LogP contribution in [0.5, 0.6) is 23.3 Å². The Bertz CT molecular complexity index is 881. The third-order valence-electron chi connectivity index (χ3n) is 3.50. The van der Waals surface area contributed by atoms with Crippen LogP contribution in [0.2, 0.25) is 0 Å². The van der Waals surface area contributed by atoms with Crippen molar-refractivity contribution in [2.75, 3.05) is 0 Å². The molecule has 4 heteroatoms. The molecule has 0 aliphatic heterocycles. The summed E-state index contributed by atoms with van der Waals surface area (Å²) in [5.41, 5.74) is 0. The van der Waals surface area contributed by atoms with E-state index in [0.717, 1.165) is 22.3 Å². The molecule has 0 unspecified atom stereocenters. The SMILES string of the molecule is c1ccc(Oc2ccc3ccc(Oc4ccccn4)cc3c2)nc1. The fourth-order valence-electron chi connectivity index (χ4n) is 2.39. The van der Waals surface area contributed by atoms with E-state index in [2.05, 4.69) is 9.97 Å². The highest BCUT2D eigenvalue weighted by Gasteiger charge is 2.03. The molecule has 0 radical (unpaired) electrons. The third kappa shape index (κ3) is 3.17. The van der Waals surface area contributed by atoms with Crippen LogP contribution in [0.15, 0.2) is 85.2 Å². The lowest BCUT2D eigenvalue weighted by molar-refractivity contribution is 0.462. The lowest BCUT2D eigenvalue weighted by Crippen LogP contribution is -1.88. The second kappa shape index (κ2) is 6.38. The van der Waals surface area contributed by atoms with Crippen molar-refractivity contribution in [1.29, 1.82) is 0 Å². The van der Waals surface area contributed by atoms with Crippen LogP contribution in [-0.4, -0.2) is 9.97 Å². The zero-order chi connectivity index (χ0) is 16.2. The highest BCUT2D eigenvalue weighted by atomic mass is 16.5. The quantitative estimate of drug-likeness (QED) is 0.518. The van der Waals surface area contributed by atoms with Gasteiger partial charge < -0.3 is 9.47 Å². The average Bonchev–Trinajstić information content (AvgIpc) is 2.63. The van der Waals surface area contributed by atoms with Crippen molar-refractivity contribution in [3.63, 3.8) is 0 Å². The van der Waals surface area contributed by atoms with E-state index in [9.17, 15) is 0 Å². The van der Waals surface area contributed by atoms with Gasteiger partial charge in [0.15, 0.2) is 0 Å². The Balaban J connectivity index is 1.63. The van der Waals surface area contributed by atoms with Crippen molar-refractivity contribution in [3.8, 4) is 23.3 Å². The van der Waals surface area contributed by atoms with Crippen LogP contribution < -0.4 is 9.47 Å². The summed E-state index contributed by atoms with van der Waals surface area (Å²) >= 11 is 0. The molecular formula is C20H14N2O2. The molecule has 0 aliphatic carbocycles. The number of pyridine rings is 2. The first-order valence-corrected chi connectivity index (χ1v) is 7.58. The van der Waals surface area contributed by atoms with Crippen LogP contribution in [0.3, 0.4) is 0 Å². The van der Waals surface area contributed by atoms with Gasteiger partial charge in [-0.3, -0.25) is 0 Å². The van der Waals surface area contributed by atoms with Gasteiger partial charge in [-0.25, -0.2) is 9.97 Å². The molecule has 0 saturated carbocycles. The largest absolute Gasteiger partial charge is 0.439 e. The van der Waals surface area contributed by atoms with Crippen LogP contribution in [0.4, 0.5) is 0 Å². The molecule has 4 nitrogen and oxygen atoms in total. The molecule has 0 atom stereocenters. The number of fused-ring (bicyclic) bond motifs is 1. The van der Waals surface area contributed by atoms with Crippen LogP contribution in [0.1, 0.15) is 0 Å². The zero-order valence-corrected chi connectivity index (χ0v) is 12.8. The fraction of sp³-hybridized carbons (Fsp3) is 0. The van der Waals surface area contributed by atoms with E-state index in [-0.39, 0.29) is 0 Å². The van der Waals surface area contributed by atoms with Gasteiger partial charge in [-0.2, -0.15) is 0 Å². The number of rotatable bonds is 4. The van der Waals surface area contributed by atoms with Gasteiger partial charge in [-0.1, -0.05) is 24.3 Å². The van der Waals surface area contributed by atoms with E-state index >= 15 is 0 Å². The van der Waals surface area contributed by atoms with E-state index in [0.29, 0.717) is 11.8 Å². The van der Waals surface area contributed by atoms with Crippen molar-refractivity contribution >= 4 is 10.8 Å². The summed E-state index contributed by atoms with van der Waals surface area (Å²) in [7, 11) is 0. The van der Waals surface area contributed by atoms with E-state index < -0.39 is 0 Å². The van der Waals surface area contributed by atoms with E-state index in [1.54, 1.807) is 12.4 Å². The summed E-state index contributed by atoms with van der Waals surface area (Å²) in [5, 5.41) is 2.13. The minimum Gasteiger partial charge on any atom is -0.439 e. The lowest BCUT2D eigenvalue weighted by atomic mass is 10.1. The molecule has 116 valence electrons. The Hall–Kier alpha value is -3.40. The Morgan fingerprint density at radius 3 is 1.54 bits per heavy atom. The van der Waals surface area contributed by atoms with E-state index in [1.807, 2.05) is 72.8 Å². The molecule has 2 aromatic carbocycles. The monoisotopic (exact) mass is 314 g/mol. The first-order valence-electron chi connectivity index (χ1n) is 7.58. The minimum absolute atomic E-state index is 0.567. The van der Waals surface area contributed by atoms with E-state index in [4.69, 9.17) is 9.47 Å². The van der Waals surface area contributed by atoms with Crippen molar-refractivity contribution in [2.45, 2.75) is 0 Å². The number of hydrogen-bond donors (Lipinski definition) is 0. The molecule has 2 heterocycles. The lowest BCUT2D eigenvalue weighted by Gasteiger charge is -2.08. The van der Waals surface area contributed by atoms with E-state index in [1.165, 1.54) is 0 Å². The van der Waals surface area contributed by atoms with Gasteiger partial charge in [0.1, 0.15) is 11.5 Å². The molecule has 0 spiro atoms. The van der Waals surface area contributed by atoms with Gasteiger partial charge in [0.05, 0.1) is 0 Å². The number of benzene rings is 2. The molecule has 4 aromatic rings. The molecule has 0 bridgehead atoms. The summed E-state index contributed by atoms with van der Waals surface area (Å²) < 4.78 is 11.6. The maximum atomic E-state index is 5.78. The Morgan fingerprint density at radius 1 is 0.542 bits per heavy atom. The second-order valence-electron chi connectivity index (χ2n) is 5.21. The summed E-state index contributed by atoms with van der Waals surface area (Å²) in [6.07, 6.45) is 3.41. The van der Waals surface area contributed by atoms with Gasteiger partial charge in [0.2, 0.25) is 11.8 Å². The van der Waals surface area contributed by atoms with Crippen LogP contribution >= 0.6 is 0 Å². The Kier molecular flexibility index (Phi) is 3.78.